The molecule has 1 atom stereocenters. The van der Waals surface area contributed by atoms with Gasteiger partial charge in [0.15, 0.2) is 0 Å². The molecule has 0 aliphatic carbocycles. The van der Waals surface area contributed by atoms with Gasteiger partial charge in [0, 0.05) is 5.54 Å². The molecule has 1 unspecified atom stereocenters. The molecule has 2 N–H and O–H groups in total. The molecule has 1 rings (SSSR count). The van der Waals surface area contributed by atoms with Gasteiger partial charge in [0.05, 0.1) is 12.1 Å². The van der Waals surface area contributed by atoms with Gasteiger partial charge >= 0.3 is 0 Å². The molecule has 1 amide bonds. The number of ether oxygens (including phenoxy) is 1. The Labute approximate surface area is 91.8 Å². The van der Waals surface area contributed by atoms with E-state index in [2.05, 4.69) is 0 Å². The first-order valence-corrected chi connectivity index (χ1v) is 5.43. The van der Waals surface area contributed by atoms with Crippen LogP contribution in [0.2, 0.25) is 0 Å². The van der Waals surface area contributed by atoms with Crippen LogP contribution in [0.3, 0.4) is 0 Å². The number of carbonyl (C=O) groups excluding carboxylic acids is 1. The molecule has 0 aromatic heterocycles. The van der Waals surface area contributed by atoms with E-state index in [0.717, 1.165) is 6.42 Å². The number of rotatable bonds is 2. The van der Waals surface area contributed by atoms with Gasteiger partial charge in [-0.25, -0.2) is 0 Å². The van der Waals surface area contributed by atoms with Gasteiger partial charge in [-0.05, 0) is 40.7 Å². The zero-order valence-electron chi connectivity index (χ0n) is 10.2. The summed E-state index contributed by atoms with van der Waals surface area (Å²) in [5.74, 6) is 0.0667. The van der Waals surface area contributed by atoms with Gasteiger partial charge in [-0.2, -0.15) is 0 Å². The summed E-state index contributed by atoms with van der Waals surface area (Å²) in [7, 11) is 0. The van der Waals surface area contributed by atoms with Crippen LogP contribution in [0.5, 0.6) is 0 Å². The lowest BCUT2D eigenvalue weighted by molar-refractivity contribution is -0.170. The van der Waals surface area contributed by atoms with Crippen molar-refractivity contribution in [1.29, 1.82) is 0 Å². The Morgan fingerprint density at radius 2 is 2.13 bits per heavy atom. The minimum atomic E-state index is -0.282. The Kier molecular flexibility index (Phi) is 3.41. The average molecular weight is 214 g/mol. The van der Waals surface area contributed by atoms with Gasteiger partial charge in [-0.3, -0.25) is 4.79 Å². The number of amides is 1. The highest BCUT2D eigenvalue weighted by Crippen LogP contribution is 2.26. The highest BCUT2D eigenvalue weighted by Gasteiger charge is 2.39. The second kappa shape index (κ2) is 4.10. The third-order valence-corrected chi connectivity index (χ3v) is 2.82. The standard InChI is InChI=1S/C11H22N2O2/c1-10(2,3)13-8-11(4,5-6-12)15-7-9(13)14/h5-8,12H2,1-4H3. The summed E-state index contributed by atoms with van der Waals surface area (Å²) in [5.41, 5.74) is 5.13. The van der Waals surface area contributed by atoms with Crippen LogP contribution in [-0.2, 0) is 9.53 Å². The molecule has 1 saturated heterocycles. The van der Waals surface area contributed by atoms with Crippen LogP contribution in [0.4, 0.5) is 0 Å². The number of nitrogens with two attached hydrogens (primary N) is 1. The van der Waals surface area contributed by atoms with E-state index in [-0.39, 0.29) is 23.7 Å². The van der Waals surface area contributed by atoms with Crippen LogP contribution in [0.1, 0.15) is 34.1 Å². The molecular formula is C11H22N2O2. The van der Waals surface area contributed by atoms with Crippen molar-refractivity contribution in [2.75, 3.05) is 19.7 Å². The van der Waals surface area contributed by atoms with E-state index in [1.165, 1.54) is 0 Å². The van der Waals surface area contributed by atoms with Gasteiger partial charge < -0.3 is 15.4 Å². The lowest BCUT2D eigenvalue weighted by Gasteiger charge is -2.46. The molecule has 0 aromatic carbocycles. The molecule has 0 saturated carbocycles. The topological polar surface area (TPSA) is 55.6 Å². The van der Waals surface area contributed by atoms with E-state index in [9.17, 15) is 4.79 Å². The summed E-state index contributed by atoms with van der Waals surface area (Å²) in [6.45, 7) is 9.53. The van der Waals surface area contributed by atoms with E-state index >= 15 is 0 Å². The largest absolute Gasteiger partial charge is 0.364 e. The van der Waals surface area contributed by atoms with E-state index in [0.29, 0.717) is 13.1 Å². The second-order valence-electron chi connectivity index (χ2n) is 5.43. The summed E-state index contributed by atoms with van der Waals surface area (Å²) in [6.07, 6.45) is 0.785. The van der Waals surface area contributed by atoms with Crippen molar-refractivity contribution in [2.24, 2.45) is 5.73 Å². The molecule has 0 bridgehead atoms. The molecule has 88 valence electrons. The van der Waals surface area contributed by atoms with Gasteiger partial charge in [-0.15, -0.1) is 0 Å². The van der Waals surface area contributed by atoms with Crippen LogP contribution in [0.15, 0.2) is 0 Å². The second-order valence-corrected chi connectivity index (χ2v) is 5.43. The van der Waals surface area contributed by atoms with Gasteiger partial charge in [0.1, 0.15) is 6.61 Å². The van der Waals surface area contributed by atoms with Gasteiger partial charge in [-0.1, -0.05) is 0 Å². The lowest BCUT2D eigenvalue weighted by Crippen LogP contribution is -2.59. The number of nitrogens with zero attached hydrogens (tertiary/aromatic N) is 1. The number of morpholine rings is 1. The minimum absolute atomic E-state index is 0.0667. The molecule has 4 heteroatoms. The van der Waals surface area contributed by atoms with Crippen molar-refractivity contribution >= 4 is 5.91 Å². The Morgan fingerprint density at radius 1 is 1.53 bits per heavy atom. The molecule has 1 aliphatic heterocycles. The Morgan fingerprint density at radius 3 is 2.60 bits per heavy atom. The van der Waals surface area contributed by atoms with Crippen LogP contribution in [-0.4, -0.2) is 41.6 Å². The Balaban J connectivity index is 2.76. The first-order chi connectivity index (χ1) is 6.78. The van der Waals surface area contributed by atoms with E-state index in [1.54, 1.807) is 0 Å². The monoisotopic (exact) mass is 214 g/mol. The van der Waals surface area contributed by atoms with Crippen molar-refractivity contribution in [3.8, 4) is 0 Å². The maximum atomic E-state index is 11.7. The van der Waals surface area contributed by atoms with Crippen molar-refractivity contribution in [1.82, 2.24) is 4.90 Å². The molecular weight excluding hydrogens is 192 g/mol. The normalized spacial score (nSPS) is 28.3. The van der Waals surface area contributed by atoms with Gasteiger partial charge in [0.2, 0.25) is 5.91 Å². The third-order valence-electron chi connectivity index (χ3n) is 2.82. The highest BCUT2D eigenvalue weighted by molar-refractivity contribution is 5.79. The molecule has 1 aliphatic rings. The van der Waals surface area contributed by atoms with E-state index < -0.39 is 0 Å². The smallest absolute Gasteiger partial charge is 0.249 e. The van der Waals surface area contributed by atoms with Gasteiger partial charge in [0.25, 0.3) is 0 Å². The van der Waals surface area contributed by atoms with Crippen molar-refractivity contribution in [2.45, 2.75) is 45.3 Å². The highest BCUT2D eigenvalue weighted by atomic mass is 16.5. The first-order valence-electron chi connectivity index (χ1n) is 5.43. The maximum absolute atomic E-state index is 11.7. The minimum Gasteiger partial charge on any atom is -0.364 e. The van der Waals surface area contributed by atoms with Crippen LogP contribution in [0, 0.1) is 0 Å². The fourth-order valence-corrected chi connectivity index (χ4v) is 1.85. The van der Waals surface area contributed by atoms with Crippen molar-refractivity contribution in [3.63, 3.8) is 0 Å². The summed E-state index contributed by atoms with van der Waals surface area (Å²) in [6, 6.07) is 0. The average Bonchev–Trinajstić information content (AvgIpc) is 2.08. The van der Waals surface area contributed by atoms with E-state index in [4.69, 9.17) is 10.5 Å². The quantitative estimate of drug-likeness (QED) is 0.738. The SMILES string of the molecule is CC1(CCN)CN(C(C)(C)C)C(=O)CO1. The van der Waals surface area contributed by atoms with E-state index in [1.807, 2.05) is 32.6 Å². The number of hydrogen-bond acceptors (Lipinski definition) is 3. The first kappa shape index (κ1) is 12.5. The fourth-order valence-electron chi connectivity index (χ4n) is 1.85. The van der Waals surface area contributed by atoms with Crippen LogP contribution in [0.25, 0.3) is 0 Å². The molecule has 15 heavy (non-hydrogen) atoms. The van der Waals surface area contributed by atoms with Crippen LogP contribution < -0.4 is 5.73 Å². The molecule has 0 radical (unpaired) electrons. The number of hydrogen-bond donors (Lipinski definition) is 1. The fraction of sp³-hybridized carbons (Fsp3) is 0.909. The predicted molar refractivity (Wildman–Crippen MR) is 59.5 cm³/mol. The summed E-state index contributed by atoms with van der Waals surface area (Å²) in [5, 5.41) is 0. The lowest BCUT2D eigenvalue weighted by atomic mass is 9.95. The molecule has 1 fully saturated rings. The summed E-state index contributed by atoms with van der Waals surface area (Å²) >= 11 is 0. The summed E-state index contributed by atoms with van der Waals surface area (Å²) < 4.78 is 5.57. The van der Waals surface area contributed by atoms with Crippen molar-refractivity contribution < 1.29 is 9.53 Å². The Bertz CT molecular complexity index is 247. The zero-order chi connectivity index (χ0) is 11.7. The van der Waals surface area contributed by atoms with Crippen molar-refractivity contribution in [3.05, 3.63) is 0 Å². The molecule has 4 nitrogen and oxygen atoms in total. The third kappa shape index (κ3) is 2.92. The molecule has 0 spiro atoms. The number of carbonyl (C=O) groups is 1. The van der Waals surface area contributed by atoms with Crippen LogP contribution >= 0.6 is 0 Å². The zero-order valence-corrected chi connectivity index (χ0v) is 10.2. The Hall–Kier alpha value is -0.610. The maximum Gasteiger partial charge on any atom is 0.249 e. The summed E-state index contributed by atoms with van der Waals surface area (Å²) in [4.78, 5) is 13.6. The predicted octanol–water partition coefficient (Wildman–Crippen LogP) is 0.751. The molecule has 1 heterocycles. The molecule has 0 aromatic rings.